The number of carboxylic acids is 1. The summed E-state index contributed by atoms with van der Waals surface area (Å²) in [6.07, 6.45) is 33.0. The van der Waals surface area contributed by atoms with Crippen LogP contribution in [-0.4, -0.2) is 22.8 Å². The van der Waals surface area contributed by atoms with Gasteiger partial charge in [0.2, 0.25) is 0 Å². The number of carboxylic acid groups (broad SMARTS) is 1. The zero-order valence-corrected chi connectivity index (χ0v) is 28.5. The van der Waals surface area contributed by atoms with Crippen molar-refractivity contribution < 1.29 is 15.0 Å². The van der Waals surface area contributed by atoms with Crippen molar-refractivity contribution in [3.8, 4) is 25.7 Å². The topological polar surface area (TPSA) is 57.5 Å². The average Bonchev–Trinajstić information content (AvgIpc) is 3.45. The fourth-order valence-corrected chi connectivity index (χ4v) is 11.8. The van der Waals surface area contributed by atoms with E-state index in [1.807, 2.05) is 13.0 Å². The van der Waals surface area contributed by atoms with Gasteiger partial charge < -0.3 is 10.2 Å². The van der Waals surface area contributed by atoms with Crippen molar-refractivity contribution in [1.82, 2.24) is 0 Å². The number of hydrogen-bond donors (Lipinski definition) is 2. The molecule has 1 aromatic carbocycles. The Kier molecular flexibility index (Phi) is 11.4. The van der Waals surface area contributed by atoms with Gasteiger partial charge in [-0.15, -0.1) is 32.3 Å². The third-order valence-corrected chi connectivity index (χ3v) is 13.4. The molecule has 44 heavy (non-hydrogen) atoms. The van der Waals surface area contributed by atoms with E-state index >= 15 is 0 Å². The molecule has 3 nitrogen and oxygen atoms in total. The van der Waals surface area contributed by atoms with Crippen molar-refractivity contribution in [3.05, 3.63) is 53.1 Å². The number of allylic oxidation sites excluding steroid dienone is 3. The number of rotatable bonds is 3. The summed E-state index contributed by atoms with van der Waals surface area (Å²) in [7, 11) is 0. The van der Waals surface area contributed by atoms with Crippen LogP contribution in [0.4, 0.5) is 0 Å². The minimum absolute atomic E-state index is 0.0242. The summed E-state index contributed by atoms with van der Waals surface area (Å²) >= 11 is 6.70. The zero-order chi connectivity index (χ0) is 33.1. The molecular formula is C40H55ClO3. The molecule has 5 aliphatic carbocycles. The number of aromatic carboxylic acids is 1. The van der Waals surface area contributed by atoms with Crippen LogP contribution in [0.3, 0.4) is 0 Å². The standard InChI is InChI=1S/C33H45ClO3.C3H6.2C2H2/c1-30(2)23(22-8-7-20(29(36)37)18-26(22)34)11-15-32(4)27(30)13-16-31(3)24-12-17-33(19-35)14-5-6-25(33)21(24)9-10-28(31)32;1-3-2;2*1-2/h7-8,11,18,21,24-25,27-28,35H,5-6,9-10,12-17,19H2,1-4H3,(H,36,37);3H,1H2,2H3;2*1-2H/t21-,24?,25?,27?,28?,31-,32-,33+;;;/m0.../s1. The van der Waals surface area contributed by atoms with Gasteiger partial charge in [-0.3, -0.25) is 0 Å². The predicted octanol–water partition coefficient (Wildman–Crippen LogP) is 10.2. The smallest absolute Gasteiger partial charge is 0.335 e. The number of fused-ring (bicyclic) bond motifs is 7. The highest BCUT2D eigenvalue weighted by atomic mass is 35.5. The van der Waals surface area contributed by atoms with Gasteiger partial charge in [0.15, 0.2) is 0 Å². The lowest BCUT2D eigenvalue weighted by atomic mass is 9.36. The number of carbonyl (C=O) groups is 1. The van der Waals surface area contributed by atoms with Gasteiger partial charge in [-0.1, -0.05) is 63.9 Å². The van der Waals surface area contributed by atoms with Gasteiger partial charge in [-0.2, -0.15) is 0 Å². The molecule has 0 bridgehead atoms. The Morgan fingerprint density at radius 3 is 2.20 bits per heavy atom. The van der Waals surface area contributed by atoms with Crippen LogP contribution in [0.5, 0.6) is 0 Å². The van der Waals surface area contributed by atoms with Gasteiger partial charge in [-0.05, 0) is 139 Å². The number of aliphatic hydroxyl groups excluding tert-OH is 1. The highest BCUT2D eigenvalue weighted by Gasteiger charge is 2.65. The van der Waals surface area contributed by atoms with Crippen LogP contribution in [0.1, 0.15) is 115 Å². The van der Waals surface area contributed by atoms with Gasteiger partial charge in [0.25, 0.3) is 0 Å². The molecular weight excluding hydrogens is 564 g/mol. The van der Waals surface area contributed by atoms with Gasteiger partial charge >= 0.3 is 5.97 Å². The van der Waals surface area contributed by atoms with Crippen LogP contribution < -0.4 is 0 Å². The van der Waals surface area contributed by atoms with E-state index in [9.17, 15) is 15.0 Å². The van der Waals surface area contributed by atoms with Crippen molar-refractivity contribution in [2.45, 2.75) is 98.8 Å². The summed E-state index contributed by atoms with van der Waals surface area (Å²) in [4.78, 5) is 11.5. The molecule has 0 saturated heterocycles. The largest absolute Gasteiger partial charge is 0.478 e. The normalized spacial score (nSPS) is 37.5. The average molecular weight is 619 g/mol. The minimum atomic E-state index is -0.934. The Labute approximate surface area is 273 Å². The highest BCUT2D eigenvalue weighted by molar-refractivity contribution is 6.32. The van der Waals surface area contributed by atoms with Gasteiger partial charge in [0, 0.05) is 11.6 Å². The maximum Gasteiger partial charge on any atom is 0.335 e. The van der Waals surface area contributed by atoms with Crippen molar-refractivity contribution in [2.75, 3.05) is 6.61 Å². The first-order valence-electron chi connectivity index (χ1n) is 16.5. The van der Waals surface area contributed by atoms with E-state index in [0.717, 1.165) is 35.7 Å². The number of hydrogen-bond acceptors (Lipinski definition) is 2. The molecule has 4 fully saturated rings. The van der Waals surface area contributed by atoms with Gasteiger partial charge in [0.05, 0.1) is 5.56 Å². The second-order valence-electron chi connectivity index (χ2n) is 15.0. The zero-order valence-electron chi connectivity index (χ0n) is 27.7. The summed E-state index contributed by atoms with van der Waals surface area (Å²) in [5.74, 6) is 2.72. The summed E-state index contributed by atoms with van der Waals surface area (Å²) in [5, 5.41) is 20.4. The number of aliphatic hydroxyl groups is 1. The quantitative estimate of drug-likeness (QED) is 0.262. The second kappa shape index (κ2) is 13.9. The minimum Gasteiger partial charge on any atom is -0.478 e. The van der Waals surface area contributed by atoms with Crippen LogP contribution in [0.15, 0.2) is 36.9 Å². The first-order valence-corrected chi connectivity index (χ1v) is 16.9. The van der Waals surface area contributed by atoms with E-state index in [0.29, 0.717) is 23.0 Å². The van der Waals surface area contributed by atoms with Crippen molar-refractivity contribution in [1.29, 1.82) is 0 Å². The summed E-state index contributed by atoms with van der Waals surface area (Å²) in [5.41, 5.74) is 3.41. The monoisotopic (exact) mass is 618 g/mol. The van der Waals surface area contributed by atoms with E-state index in [2.05, 4.69) is 66.0 Å². The molecule has 8 atom stereocenters. The maximum absolute atomic E-state index is 11.5. The van der Waals surface area contributed by atoms with E-state index in [-0.39, 0.29) is 21.8 Å². The summed E-state index contributed by atoms with van der Waals surface area (Å²) in [6, 6.07) is 5.24. The predicted molar refractivity (Wildman–Crippen MR) is 185 cm³/mol. The maximum atomic E-state index is 11.5. The van der Waals surface area contributed by atoms with Crippen molar-refractivity contribution in [2.24, 2.45) is 51.2 Å². The van der Waals surface area contributed by atoms with Crippen molar-refractivity contribution in [3.63, 3.8) is 0 Å². The van der Waals surface area contributed by atoms with Crippen LogP contribution in [0.25, 0.3) is 5.57 Å². The molecule has 0 aliphatic heterocycles. The molecule has 240 valence electrons. The van der Waals surface area contributed by atoms with Crippen LogP contribution in [0, 0.1) is 76.9 Å². The lowest BCUT2D eigenvalue weighted by Crippen LogP contribution is -2.61. The number of terminal acetylenes is 2. The third-order valence-electron chi connectivity index (χ3n) is 13.1. The second-order valence-corrected chi connectivity index (χ2v) is 15.4. The van der Waals surface area contributed by atoms with E-state index in [1.54, 1.807) is 18.2 Å². The van der Waals surface area contributed by atoms with E-state index in [1.165, 1.54) is 63.4 Å². The Morgan fingerprint density at radius 1 is 0.955 bits per heavy atom. The molecule has 4 saturated carbocycles. The summed E-state index contributed by atoms with van der Waals surface area (Å²) in [6.45, 7) is 15.7. The van der Waals surface area contributed by atoms with Crippen molar-refractivity contribution >= 4 is 23.1 Å². The number of halogens is 1. The molecule has 0 radical (unpaired) electrons. The number of benzene rings is 1. The van der Waals surface area contributed by atoms with Crippen LogP contribution in [0.2, 0.25) is 5.02 Å². The van der Waals surface area contributed by atoms with Gasteiger partial charge in [0.1, 0.15) is 0 Å². The lowest BCUT2D eigenvalue weighted by Gasteiger charge is -2.68. The molecule has 2 N–H and O–H groups in total. The van der Waals surface area contributed by atoms with E-state index < -0.39 is 5.97 Å². The Balaban J connectivity index is 0.000000701. The first kappa shape index (κ1) is 36.0. The molecule has 0 spiro atoms. The Morgan fingerprint density at radius 2 is 1.61 bits per heavy atom. The fraction of sp³-hybridized carbons (Fsp3) is 0.625. The fourth-order valence-electron chi connectivity index (χ4n) is 11.6. The Hall–Kier alpha value is -2.46. The molecule has 4 heteroatoms. The SMILES string of the molecule is C#C.C#C.C=CC.CC1(C)C(c2ccc(C(=O)O)cc2Cl)=CC[C@@]2(C)C1CC[C@@]1(C)C3CC[C@@]4(CO)CCCC4[C@H]3CCC12. The highest BCUT2D eigenvalue weighted by Crippen LogP contribution is 2.73. The van der Waals surface area contributed by atoms with Crippen LogP contribution >= 0.6 is 11.6 Å². The van der Waals surface area contributed by atoms with E-state index in [4.69, 9.17) is 11.6 Å². The molecule has 6 rings (SSSR count). The molecule has 1 aromatic rings. The first-order chi connectivity index (χ1) is 20.9. The summed E-state index contributed by atoms with van der Waals surface area (Å²) < 4.78 is 0. The molecule has 0 amide bonds. The van der Waals surface area contributed by atoms with Crippen LogP contribution in [-0.2, 0) is 0 Å². The molecule has 0 heterocycles. The molecule has 4 unspecified atom stereocenters. The lowest BCUT2D eigenvalue weighted by molar-refractivity contribution is -0.181. The molecule has 5 aliphatic rings. The Bertz CT molecular complexity index is 1270. The third kappa shape index (κ3) is 5.70. The van der Waals surface area contributed by atoms with Gasteiger partial charge in [-0.25, -0.2) is 4.79 Å². The molecule has 0 aromatic heterocycles.